The summed E-state index contributed by atoms with van der Waals surface area (Å²) in [6.45, 7) is 0. The van der Waals surface area contributed by atoms with Crippen LogP contribution in [0.15, 0.2) is 18.2 Å². The fourth-order valence-corrected chi connectivity index (χ4v) is 2.62. The molecule has 0 unspecified atom stereocenters. The fraction of sp³-hybridized carbons (Fsp3) is 0.417. The van der Waals surface area contributed by atoms with E-state index >= 15 is 0 Å². The molecule has 0 atom stereocenters. The highest BCUT2D eigenvalue weighted by Gasteiger charge is 2.44. The van der Waals surface area contributed by atoms with Crippen LogP contribution in [0.1, 0.15) is 25.7 Å². The predicted octanol–water partition coefficient (Wildman–Crippen LogP) is 2.50. The summed E-state index contributed by atoms with van der Waals surface area (Å²) < 4.78 is 13.0. The third kappa shape index (κ3) is 1.29. The van der Waals surface area contributed by atoms with Crippen LogP contribution in [0, 0.1) is 5.82 Å². The molecular weight excluding hydrogens is 207 g/mol. The SMILES string of the molecule is O=C1Nc2cc(F)ccc2NC12CCCC2. The highest BCUT2D eigenvalue weighted by molar-refractivity contribution is 6.06. The smallest absolute Gasteiger partial charge is 0.250 e. The lowest BCUT2D eigenvalue weighted by Gasteiger charge is -2.35. The number of amides is 1. The van der Waals surface area contributed by atoms with Crippen molar-refractivity contribution in [1.29, 1.82) is 0 Å². The number of carbonyl (C=O) groups is 1. The van der Waals surface area contributed by atoms with Crippen molar-refractivity contribution in [3.05, 3.63) is 24.0 Å². The lowest BCUT2D eigenvalue weighted by molar-refractivity contribution is -0.120. The largest absolute Gasteiger partial charge is 0.370 e. The minimum absolute atomic E-state index is 0.0249. The van der Waals surface area contributed by atoms with Gasteiger partial charge in [-0.05, 0) is 31.0 Å². The first-order chi connectivity index (χ1) is 7.70. The zero-order valence-corrected chi connectivity index (χ0v) is 8.85. The molecule has 1 aliphatic carbocycles. The Balaban J connectivity index is 2.01. The molecule has 1 heterocycles. The first-order valence-corrected chi connectivity index (χ1v) is 5.59. The zero-order valence-electron chi connectivity index (χ0n) is 8.85. The summed E-state index contributed by atoms with van der Waals surface area (Å²) in [5, 5.41) is 6.06. The Kier molecular flexibility index (Phi) is 1.93. The van der Waals surface area contributed by atoms with E-state index in [1.807, 2.05) is 0 Å². The van der Waals surface area contributed by atoms with Gasteiger partial charge in [0.25, 0.3) is 0 Å². The van der Waals surface area contributed by atoms with E-state index in [1.54, 1.807) is 6.07 Å². The molecule has 3 nitrogen and oxygen atoms in total. The molecular formula is C12H13FN2O. The van der Waals surface area contributed by atoms with Gasteiger partial charge in [-0.25, -0.2) is 4.39 Å². The van der Waals surface area contributed by atoms with E-state index in [4.69, 9.17) is 0 Å². The molecule has 1 aliphatic heterocycles. The topological polar surface area (TPSA) is 41.1 Å². The highest BCUT2D eigenvalue weighted by atomic mass is 19.1. The van der Waals surface area contributed by atoms with Crippen molar-refractivity contribution in [1.82, 2.24) is 0 Å². The van der Waals surface area contributed by atoms with Gasteiger partial charge in [-0.3, -0.25) is 4.79 Å². The molecule has 2 N–H and O–H groups in total. The van der Waals surface area contributed by atoms with Gasteiger partial charge >= 0.3 is 0 Å². The lowest BCUT2D eigenvalue weighted by atomic mass is 9.93. The number of carbonyl (C=O) groups excluding carboxylic acids is 1. The van der Waals surface area contributed by atoms with Gasteiger partial charge in [0.15, 0.2) is 0 Å². The molecule has 1 aromatic rings. The number of benzene rings is 1. The molecule has 0 radical (unpaired) electrons. The highest BCUT2D eigenvalue weighted by Crippen LogP contribution is 2.40. The Labute approximate surface area is 93.0 Å². The maximum absolute atomic E-state index is 13.0. The van der Waals surface area contributed by atoms with E-state index in [0.29, 0.717) is 5.69 Å². The van der Waals surface area contributed by atoms with Crippen LogP contribution in [0.25, 0.3) is 0 Å². The molecule has 3 rings (SSSR count). The average Bonchev–Trinajstić information content (AvgIpc) is 2.70. The summed E-state index contributed by atoms with van der Waals surface area (Å²) in [7, 11) is 0. The summed E-state index contributed by atoms with van der Waals surface area (Å²) in [6.07, 6.45) is 3.85. The minimum Gasteiger partial charge on any atom is -0.370 e. The Morgan fingerprint density at radius 3 is 2.69 bits per heavy atom. The zero-order chi connectivity index (χ0) is 11.2. The van der Waals surface area contributed by atoms with E-state index in [2.05, 4.69) is 10.6 Å². The average molecular weight is 220 g/mol. The predicted molar refractivity (Wildman–Crippen MR) is 59.9 cm³/mol. The second kappa shape index (κ2) is 3.20. The molecule has 4 heteroatoms. The number of hydrogen-bond donors (Lipinski definition) is 2. The summed E-state index contributed by atoms with van der Waals surface area (Å²) >= 11 is 0. The van der Waals surface area contributed by atoms with Crippen LogP contribution < -0.4 is 10.6 Å². The second-order valence-corrected chi connectivity index (χ2v) is 4.56. The number of hydrogen-bond acceptors (Lipinski definition) is 2. The monoisotopic (exact) mass is 220 g/mol. The maximum Gasteiger partial charge on any atom is 0.250 e. The number of halogens is 1. The summed E-state index contributed by atoms with van der Waals surface area (Å²) in [6, 6.07) is 4.44. The molecule has 0 saturated heterocycles. The molecule has 1 spiro atoms. The van der Waals surface area contributed by atoms with Crippen LogP contribution in [0.5, 0.6) is 0 Å². The van der Waals surface area contributed by atoms with Crippen molar-refractivity contribution >= 4 is 17.3 Å². The molecule has 84 valence electrons. The maximum atomic E-state index is 13.0. The van der Waals surface area contributed by atoms with Crippen LogP contribution in [0.2, 0.25) is 0 Å². The molecule has 1 amide bonds. The van der Waals surface area contributed by atoms with Crippen LogP contribution in [-0.2, 0) is 4.79 Å². The van der Waals surface area contributed by atoms with Gasteiger partial charge in [-0.2, -0.15) is 0 Å². The van der Waals surface area contributed by atoms with Gasteiger partial charge < -0.3 is 10.6 Å². The van der Waals surface area contributed by atoms with Gasteiger partial charge in [0.2, 0.25) is 5.91 Å². The van der Waals surface area contributed by atoms with Gasteiger partial charge in [0, 0.05) is 0 Å². The number of nitrogens with one attached hydrogen (secondary N) is 2. The second-order valence-electron chi connectivity index (χ2n) is 4.56. The molecule has 1 saturated carbocycles. The normalized spacial score (nSPS) is 21.4. The number of anilines is 2. The van der Waals surface area contributed by atoms with Gasteiger partial charge in [0.1, 0.15) is 11.4 Å². The number of rotatable bonds is 0. The first kappa shape index (κ1) is 9.63. The Morgan fingerprint density at radius 2 is 1.94 bits per heavy atom. The number of fused-ring (bicyclic) bond motifs is 1. The third-order valence-electron chi connectivity index (χ3n) is 3.50. The summed E-state index contributed by atoms with van der Waals surface area (Å²) in [4.78, 5) is 12.0. The van der Waals surface area contributed by atoms with Crippen LogP contribution in [0.4, 0.5) is 15.8 Å². The van der Waals surface area contributed by atoms with Crippen molar-refractivity contribution < 1.29 is 9.18 Å². The molecule has 1 fully saturated rings. The van der Waals surface area contributed by atoms with Crippen molar-refractivity contribution in [2.45, 2.75) is 31.2 Å². The summed E-state index contributed by atoms with van der Waals surface area (Å²) in [5.41, 5.74) is 0.913. The van der Waals surface area contributed by atoms with Crippen LogP contribution >= 0.6 is 0 Å². The van der Waals surface area contributed by atoms with Crippen molar-refractivity contribution in [3.63, 3.8) is 0 Å². The van der Waals surface area contributed by atoms with E-state index in [0.717, 1.165) is 31.4 Å². The van der Waals surface area contributed by atoms with Crippen molar-refractivity contribution in [3.8, 4) is 0 Å². The fourth-order valence-electron chi connectivity index (χ4n) is 2.62. The van der Waals surface area contributed by atoms with E-state index in [1.165, 1.54) is 12.1 Å². The Morgan fingerprint density at radius 1 is 1.19 bits per heavy atom. The van der Waals surface area contributed by atoms with E-state index < -0.39 is 5.54 Å². The molecule has 2 aliphatic rings. The van der Waals surface area contributed by atoms with Gasteiger partial charge in [-0.1, -0.05) is 12.8 Å². The summed E-state index contributed by atoms with van der Waals surface area (Å²) in [5.74, 6) is -0.355. The standard InChI is InChI=1S/C12H13FN2O/c13-8-3-4-9-10(7-8)14-11(16)12(15-9)5-1-2-6-12/h3-4,7,15H,1-2,5-6H2,(H,14,16). The molecule has 0 aromatic heterocycles. The molecule has 1 aromatic carbocycles. The van der Waals surface area contributed by atoms with Gasteiger partial charge in [-0.15, -0.1) is 0 Å². The molecule has 16 heavy (non-hydrogen) atoms. The lowest BCUT2D eigenvalue weighted by Crippen LogP contribution is -2.50. The Hall–Kier alpha value is -1.58. The minimum atomic E-state index is -0.454. The molecule has 0 bridgehead atoms. The van der Waals surface area contributed by atoms with Gasteiger partial charge in [0.05, 0.1) is 11.4 Å². The van der Waals surface area contributed by atoms with Crippen LogP contribution in [-0.4, -0.2) is 11.4 Å². The third-order valence-corrected chi connectivity index (χ3v) is 3.50. The van der Waals surface area contributed by atoms with Crippen molar-refractivity contribution in [2.75, 3.05) is 10.6 Å². The van der Waals surface area contributed by atoms with Crippen molar-refractivity contribution in [2.24, 2.45) is 0 Å². The van der Waals surface area contributed by atoms with E-state index in [9.17, 15) is 9.18 Å². The van der Waals surface area contributed by atoms with E-state index in [-0.39, 0.29) is 11.7 Å². The first-order valence-electron chi connectivity index (χ1n) is 5.59. The van der Waals surface area contributed by atoms with Crippen LogP contribution in [0.3, 0.4) is 0 Å². The Bertz CT molecular complexity index is 452. The quantitative estimate of drug-likeness (QED) is 0.705.